The fourth-order valence-corrected chi connectivity index (χ4v) is 1.54. The van der Waals surface area contributed by atoms with Gasteiger partial charge in [-0.3, -0.25) is 4.79 Å². The van der Waals surface area contributed by atoms with E-state index >= 15 is 0 Å². The molecule has 1 rings (SSSR count). The smallest absolute Gasteiger partial charge is 0.330 e. The quantitative estimate of drug-likeness (QED) is 0.860. The fourth-order valence-electron chi connectivity index (χ4n) is 1.28. The molecule has 5 nitrogen and oxygen atoms in total. The Morgan fingerprint density at radius 2 is 2.00 bits per heavy atom. The van der Waals surface area contributed by atoms with Gasteiger partial charge in [0.1, 0.15) is 6.61 Å². The molecule has 0 aliphatic rings. The van der Waals surface area contributed by atoms with Crippen LogP contribution in [0.25, 0.3) is 0 Å². The molecule has 0 bridgehead atoms. The number of ether oxygens (including phenoxy) is 1. The maximum atomic E-state index is 11.3. The van der Waals surface area contributed by atoms with Gasteiger partial charge in [0, 0.05) is 11.6 Å². The van der Waals surface area contributed by atoms with Gasteiger partial charge in [-0.2, -0.15) is 0 Å². The van der Waals surface area contributed by atoms with E-state index in [0.29, 0.717) is 5.56 Å². The first-order chi connectivity index (χ1) is 8.04. The molecule has 0 saturated heterocycles. The molecule has 0 heterocycles. The molecule has 1 unspecified atom stereocenters. The summed E-state index contributed by atoms with van der Waals surface area (Å²) < 4.78 is 5.47. The summed E-state index contributed by atoms with van der Waals surface area (Å²) in [7, 11) is 1.37. The standard InChI is InChI=1S/C11H12BrNO4/c1-17-6-9(14)13-10(11(15)16)7-2-4-8(12)5-3-7/h2-5,10H,6H2,1H3,(H,13,14)(H,15,16). The van der Waals surface area contributed by atoms with Gasteiger partial charge in [-0.25, -0.2) is 4.79 Å². The Kier molecular flexibility index (Phi) is 5.11. The van der Waals surface area contributed by atoms with Crippen molar-refractivity contribution >= 4 is 27.8 Å². The summed E-state index contributed by atoms with van der Waals surface area (Å²) in [6.45, 7) is -0.166. The molecule has 92 valence electrons. The summed E-state index contributed by atoms with van der Waals surface area (Å²) in [6.07, 6.45) is 0. The Labute approximate surface area is 107 Å². The highest BCUT2D eigenvalue weighted by atomic mass is 79.9. The molecule has 0 saturated carbocycles. The molecule has 0 radical (unpaired) electrons. The number of halogens is 1. The Morgan fingerprint density at radius 3 is 2.47 bits per heavy atom. The van der Waals surface area contributed by atoms with Gasteiger partial charge in [0.15, 0.2) is 6.04 Å². The highest BCUT2D eigenvalue weighted by Crippen LogP contribution is 2.17. The summed E-state index contributed by atoms with van der Waals surface area (Å²) in [5, 5.41) is 11.4. The number of methoxy groups -OCH3 is 1. The molecule has 1 atom stereocenters. The van der Waals surface area contributed by atoms with Gasteiger partial charge in [0.25, 0.3) is 0 Å². The lowest BCUT2D eigenvalue weighted by Crippen LogP contribution is -2.35. The zero-order valence-electron chi connectivity index (χ0n) is 9.14. The number of hydrogen-bond donors (Lipinski definition) is 2. The molecular weight excluding hydrogens is 290 g/mol. The van der Waals surface area contributed by atoms with Gasteiger partial charge in [-0.15, -0.1) is 0 Å². The van der Waals surface area contributed by atoms with Crippen LogP contribution >= 0.6 is 15.9 Å². The second-order valence-electron chi connectivity index (χ2n) is 3.32. The summed E-state index contributed by atoms with van der Waals surface area (Å²) in [6, 6.07) is 5.64. The highest BCUT2D eigenvalue weighted by Gasteiger charge is 2.21. The van der Waals surface area contributed by atoms with Gasteiger partial charge < -0.3 is 15.2 Å². The van der Waals surface area contributed by atoms with Crippen molar-refractivity contribution in [1.29, 1.82) is 0 Å². The highest BCUT2D eigenvalue weighted by molar-refractivity contribution is 9.10. The average Bonchev–Trinajstić information content (AvgIpc) is 2.27. The summed E-state index contributed by atoms with van der Waals surface area (Å²) >= 11 is 3.25. The van der Waals surface area contributed by atoms with Crippen molar-refractivity contribution in [3.8, 4) is 0 Å². The molecule has 0 aliphatic heterocycles. The molecule has 1 amide bonds. The number of rotatable bonds is 5. The first-order valence-electron chi connectivity index (χ1n) is 4.81. The van der Waals surface area contributed by atoms with Crippen molar-refractivity contribution in [3.63, 3.8) is 0 Å². The second-order valence-corrected chi connectivity index (χ2v) is 4.24. The van der Waals surface area contributed by atoms with Crippen molar-refractivity contribution in [2.45, 2.75) is 6.04 Å². The summed E-state index contributed by atoms with van der Waals surface area (Å²) in [5.41, 5.74) is 0.505. The lowest BCUT2D eigenvalue weighted by Gasteiger charge is -2.14. The minimum Gasteiger partial charge on any atom is -0.479 e. The van der Waals surface area contributed by atoms with Crippen molar-refractivity contribution in [2.24, 2.45) is 0 Å². The van der Waals surface area contributed by atoms with Gasteiger partial charge in [0.05, 0.1) is 0 Å². The van der Waals surface area contributed by atoms with Crippen LogP contribution in [0.5, 0.6) is 0 Å². The number of amides is 1. The topological polar surface area (TPSA) is 75.6 Å². The van der Waals surface area contributed by atoms with Gasteiger partial charge in [-0.05, 0) is 17.7 Å². The van der Waals surface area contributed by atoms with Crippen molar-refractivity contribution in [3.05, 3.63) is 34.3 Å². The number of benzene rings is 1. The maximum absolute atomic E-state index is 11.3. The van der Waals surface area contributed by atoms with Crippen molar-refractivity contribution < 1.29 is 19.4 Å². The average molecular weight is 302 g/mol. The monoisotopic (exact) mass is 301 g/mol. The largest absolute Gasteiger partial charge is 0.479 e. The van der Waals surface area contributed by atoms with Gasteiger partial charge in [0.2, 0.25) is 5.91 Å². The molecule has 2 N–H and O–H groups in total. The van der Waals surface area contributed by atoms with Gasteiger partial charge >= 0.3 is 5.97 Å². The Bertz CT molecular complexity index is 404. The van der Waals surface area contributed by atoms with Crippen LogP contribution in [0, 0.1) is 0 Å². The minimum atomic E-state index is -1.11. The van der Waals surface area contributed by atoms with Crippen molar-refractivity contribution in [1.82, 2.24) is 5.32 Å². The van der Waals surface area contributed by atoms with Crippen LogP contribution in [0.4, 0.5) is 0 Å². The number of carbonyl (C=O) groups is 2. The van der Waals surface area contributed by atoms with Gasteiger partial charge in [-0.1, -0.05) is 28.1 Å². The molecule has 0 aromatic heterocycles. The van der Waals surface area contributed by atoms with Crippen LogP contribution in [0.2, 0.25) is 0 Å². The third kappa shape index (κ3) is 4.16. The zero-order chi connectivity index (χ0) is 12.8. The number of carboxylic acid groups (broad SMARTS) is 1. The fraction of sp³-hybridized carbons (Fsp3) is 0.273. The predicted octanol–water partition coefficient (Wildman–Crippen LogP) is 1.34. The first kappa shape index (κ1) is 13.7. The van der Waals surface area contributed by atoms with Crippen LogP contribution in [-0.2, 0) is 14.3 Å². The van der Waals surface area contributed by atoms with Crippen LogP contribution < -0.4 is 5.32 Å². The molecule has 17 heavy (non-hydrogen) atoms. The predicted molar refractivity (Wildman–Crippen MR) is 64.5 cm³/mol. The number of nitrogens with one attached hydrogen (secondary N) is 1. The Balaban J connectivity index is 2.82. The van der Waals surface area contributed by atoms with E-state index in [2.05, 4.69) is 26.0 Å². The van der Waals surface area contributed by atoms with Crippen LogP contribution in [0.15, 0.2) is 28.7 Å². The summed E-state index contributed by atoms with van der Waals surface area (Å²) in [5.74, 6) is -1.58. The third-order valence-electron chi connectivity index (χ3n) is 2.03. The van der Waals surface area contributed by atoms with E-state index < -0.39 is 17.9 Å². The molecule has 1 aromatic carbocycles. The number of hydrogen-bond acceptors (Lipinski definition) is 3. The van der Waals surface area contributed by atoms with E-state index in [1.807, 2.05) is 0 Å². The molecule has 0 spiro atoms. The zero-order valence-corrected chi connectivity index (χ0v) is 10.7. The van der Waals surface area contributed by atoms with E-state index in [4.69, 9.17) is 5.11 Å². The molecule has 0 aliphatic carbocycles. The van der Waals surface area contributed by atoms with E-state index in [1.165, 1.54) is 7.11 Å². The summed E-state index contributed by atoms with van der Waals surface area (Å²) in [4.78, 5) is 22.3. The molecular formula is C11H12BrNO4. The second kappa shape index (κ2) is 6.36. The van der Waals surface area contributed by atoms with E-state index in [1.54, 1.807) is 24.3 Å². The van der Waals surface area contributed by atoms with E-state index in [9.17, 15) is 9.59 Å². The van der Waals surface area contributed by atoms with Crippen LogP contribution in [-0.4, -0.2) is 30.7 Å². The molecule has 1 aromatic rings. The van der Waals surface area contributed by atoms with Crippen molar-refractivity contribution in [2.75, 3.05) is 13.7 Å². The number of aliphatic carboxylic acids is 1. The normalized spacial score (nSPS) is 11.9. The Hall–Kier alpha value is -1.40. The minimum absolute atomic E-state index is 0.166. The molecule has 0 fully saturated rings. The van der Waals surface area contributed by atoms with E-state index in [-0.39, 0.29) is 6.61 Å². The lowest BCUT2D eigenvalue weighted by atomic mass is 10.1. The third-order valence-corrected chi connectivity index (χ3v) is 2.56. The molecule has 6 heteroatoms. The SMILES string of the molecule is COCC(=O)NC(C(=O)O)c1ccc(Br)cc1. The Morgan fingerprint density at radius 1 is 1.41 bits per heavy atom. The van der Waals surface area contributed by atoms with Crippen LogP contribution in [0.1, 0.15) is 11.6 Å². The lowest BCUT2D eigenvalue weighted by molar-refractivity contribution is -0.142. The van der Waals surface area contributed by atoms with E-state index in [0.717, 1.165) is 4.47 Å². The number of carboxylic acids is 1. The maximum Gasteiger partial charge on any atom is 0.330 e. The first-order valence-corrected chi connectivity index (χ1v) is 5.60. The number of carbonyl (C=O) groups excluding carboxylic acids is 1. The van der Waals surface area contributed by atoms with Crippen LogP contribution in [0.3, 0.4) is 0 Å².